The Balaban J connectivity index is 1.48. The van der Waals surface area contributed by atoms with Gasteiger partial charge in [0.15, 0.2) is 0 Å². The molecule has 4 rings (SSSR count). The molecule has 0 aliphatic rings. The van der Waals surface area contributed by atoms with Crippen molar-refractivity contribution < 1.29 is 9.18 Å². The second-order valence-electron chi connectivity index (χ2n) is 6.75. The van der Waals surface area contributed by atoms with Gasteiger partial charge >= 0.3 is 0 Å². The van der Waals surface area contributed by atoms with Crippen molar-refractivity contribution in [1.82, 2.24) is 14.9 Å². The van der Waals surface area contributed by atoms with E-state index in [1.807, 2.05) is 36.0 Å². The third-order valence-electron chi connectivity index (χ3n) is 4.72. The van der Waals surface area contributed by atoms with Gasteiger partial charge in [0.25, 0.3) is 0 Å². The largest absolute Gasteiger partial charge is 0.341 e. The summed E-state index contributed by atoms with van der Waals surface area (Å²) in [6.45, 7) is 0. The molecule has 1 aromatic heterocycles. The van der Waals surface area contributed by atoms with Gasteiger partial charge in [-0.1, -0.05) is 42.5 Å². The Morgan fingerprint density at radius 1 is 1.10 bits per heavy atom. The molecule has 1 atom stereocenters. The van der Waals surface area contributed by atoms with Gasteiger partial charge in [-0.05, 0) is 40.6 Å². The molecular formula is C23H20FN3OS. The first kappa shape index (κ1) is 19.2. The molecule has 1 amide bonds. The zero-order chi connectivity index (χ0) is 20.2. The Labute approximate surface area is 172 Å². The van der Waals surface area contributed by atoms with Crippen LogP contribution in [-0.2, 0) is 11.8 Å². The van der Waals surface area contributed by atoms with E-state index in [4.69, 9.17) is 0 Å². The molecule has 0 spiro atoms. The second-order valence-corrected chi connectivity index (χ2v) is 7.79. The fourth-order valence-corrected chi connectivity index (χ4v) is 3.97. The molecule has 0 fully saturated rings. The van der Waals surface area contributed by atoms with Crippen LogP contribution < -0.4 is 5.32 Å². The normalized spacial score (nSPS) is 12.1. The number of carbonyl (C=O) groups is 1. The molecule has 0 aliphatic heterocycles. The number of hydrogen-bond acceptors (Lipinski definition) is 3. The fraction of sp³-hybridized carbons (Fsp3) is 0.130. The quantitative estimate of drug-likeness (QED) is 0.473. The molecule has 3 aromatic carbocycles. The molecule has 29 heavy (non-hydrogen) atoms. The van der Waals surface area contributed by atoms with E-state index in [1.54, 1.807) is 18.3 Å². The Hall–Kier alpha value is -3.12. The lowest BCUT2D eigenvalue weighted by Gasteiger charge is -2.19. The number of aryl methyl sites for hydroxylation is 1. The summed E-state index contributed by atoms with van der Waals surface area (Å²) in [5.74, 6) is 0.548. The summed E-state index contributed by atoms with van der Waals surface area (Å²) in [6, 6.07) is 20.0. The summed E-state index contributed by atoms with van der Waals surface area (Å²) >= 11 is 1.49. The van der Waals surface area contributed by atoms with Crippen molar-refractivity contribution >= 4 is 28.4 Å². The van der Waals surface area contributed by atoms with Crippen LogP contribution >= 0.6 is 11.8 Å². The number of benzene rings is 3. The number of aromatic nitrogens is 2. The van der Waals surface area contributed by atoms with Crippen molar-refractivity contribution in [1.29, 1.82) is 0 Å². The molecule has 146 valence electrons. The van der Waals surface area contributed by atoms with E-state index >= 15 is 0 Å². The minimum absolute atomic E-state index is 0.111. The van der Waals surface area contributed by atoms with Gasteiger partial charge in [0.1, 0.15) is 17.7 Å². The highest BCUT2D eigenvalue weighted by atomic mass is 32.2. The smallest absolute Gasteiger partial charge is 0.231 e. The van der Waals surface area contributed by atoms with Gasteiger partial charge in [0.2, 0.25) is 5.91 Å². The Kier molecular flexibility index (Phi) is 5.62. The average Bonchev–Trinajstić information content (AvgIpc) is 3.16. The topological polar surface area (TPSA) is 46.9 Å². The first-order valence-electron chi connectivity index (χ1n) is 9.24. The second kappa shape index (κ2) is 8.49. The highest BCUT2D eigenvalue weighted by Gasteiger charge is 2.20. The van der Waals surface area contributed by atoms with Crippen molar-refractivity contribution in [3.8, 4) is 0 Å². The number of halogens is 1. The van der Waals surface area contributed by atoms with E-state index in [-0.39, 0.29) is 17.5 Å². The lowest BCUT2D eigenvalue weighted by Crippen LogP contribution is -2.32. The zero-order valence-corrected chi connectivity index (χ0v) is 16.7. The van der Waals surface area contributed by atoms with Crippen molar-refractivity contribution in [3.63, 3.8) is 0 Å². The van der Waals surface area contributed by atoms with Gasteiger partial charge in [-0.3, -0.25) is 4.79 Å². The van der Waals surface area contributed by atoms with E-state index in [9.17, 15) is 9.18 Å². The monoisotopic (exact) mass is 405 g/mol. The fourth-order valence-electron chi connectivity index (χ4n) is 3.22. The number of nitrogens with one attached hydrogen (secondary N) is 1. The first-order valence-corrected chi connectivity index (χ1v) is 10.2. The average molecular weight is 405 g/mol. The Morgan fingerprint density at radius 2 is 1.86 bits per heavy atom. The van der Waals surface area contributed by atoms with E-state index in [0.29, 0.717) is 5.82 Å². The SMILES string of the molecule is Cn1ccnc1C(NC(=O)CSc1ccc2ccccc2c1)c1ccc(F)cc1. The molecule has 0 saturated carbocycles. The molecule has 1 N–H and O–H groups in total. The third kappa shape index (κ3) is 4.49. The predicted octanol–water partition coefficient (Wildman–Crippen LogP) is 4.71. The van der Waals surface area contributed by atoms with E-state index in [0.717, 1.165) is 15.8 Å². The molecular weight excluding hydrogens is 385 g/mol. The number of amides is 1. The molecule has 4 nitrogen and oxygen atoms in total. The zero-order valence-electron chi connectivity index (χ0n) is 15.9. The van der Waals surface area contributed by atoms with Gasteiger partial charge in [-0.25, -0.2) is 9.37 Å². The van der Waals surface area contributed by atoms with Crippen molar-refractivity contribution in [2.75, 3.05) is 5.75 Å². The number of hydrogen-bond donors (Lipinski definition) is 1. The molecule has 4 aromatic rings. The third-order valence-corrected chi connectivity index (χ3v) is 5.71. The van der Waals surface area contributed by atoms with Gasteiger partial charge in [0, 0.05) is 24.3 Å². The number of fused-ring (bicyclic) bond motifs is 1. The maximum atomic E-state index is 13.3. The van der Waals surface area contributed by atoms with Crippen LogP contribution in [0.1, 0.15) is 17.4 Å². The first-order chi connectivity index (χ1) is 14.1. The lowest BCUT2D eigenvalue weighted by atomic mass is 10.1. The number of imidazole rings is 1. The van der Waals surface area contributed by atoms with Crippen molar-refractivity contribution in [2.45, 2.75) is 10.9 Å². The van der Waals surface area contributed by atoms with Crippen molar-refractivity contribution in [2.24, 2.45) is 7.05 Å². The molecule has 1 heterocycles. The Bertz CT molecular complexity index is 1140. The van der Waals surface area contributed by atoms with Gasteiger partial charge in [-0.15, -0.1) is 11.8 Å². The molecule has 6 heteroatoms. The predicted molar refractivity (Wildman–Crippen MR) is 114 cm³/mol. The molecule has 1 unspecified atom stereocenters. The number of nitrogens with zero attached hydrogens (tertiary/aromatic N) is 2. The maximum Gasteiger partial charge on any atom is 0.231 e. The van der Waals surface area contributed by atoms with Crippen LogP contribution in [0.15, 0.2) is 84.0 Å². The van der Waals surface area contributed by atoms with Gasteiger partial charge < -0.3 is 9.88 Å². The summed E-state index contributed by atoms with van der Waals surface area (Å²) in [6.07, 6.45) is 3.50. The summed E-state index contributed by atoms with van der Waals surface area (Å²) in [4.78, 5) is 18.1. The van der Waals surface area contributed by atoms with Crippen molar-refractivity contribution in [3.05, 3.63) is 96.3 Å². The van der Waals surface area contributed by atoms with Crippen LogP contribution in [-0.4, -0.2) is 21.2 Å². The summed E-state index contributed by atoms with van der Waals surface area (Å²) in [7, 11) is 1.87. The molecule has 0 radical (unpaired) electrons. The van der Waals surface area contributed by atoms with Crippen LogP contribution in [0, 0.1) is 5.82 Å². The van der Waals surface area contributed by atoms with Crippen LogP contribution in [0.5, 0.6) is 0 Å². The highest BCUT2D eigenvalue weighted by Crippen LogP contribution is 2.25. The minimum atomic E-state index is -0.444. The van der Waals surface area contributed by atoms with Gasteiger partial charge in [-0.2, -0.15) is 0 Å². The van der Waals surface area contributed by atoms with Crippen LogP contribution in [0.4, 0.5) is 4.39 Å². The van der Waals surface area contributed by atoms with E-state index in [1.165, 1.54) is 29.3 Å². The van der Waals surface area contributed by atoms with E-state index in [2.05, 4.69) is 34.6 Å². The number of thioether (sulfide) groups is 1. The molecule has 0 bridgehead atoms. The minimum Gasteiger partial charge on any atom is -0.341 e. The number of carbonyl (C=O) groups excluding carboxylic acids is 1. The summed E-state index contributed by atoms with van der Waals surface area (Å²) < 4.78 is 15.2. The van der Waals surface area contributed by atoms with E-state index < -0.39 is 6.04 Å². The molecule has 0 saturated heterocycles. The van der Waals surface area contributed by atoms with Crippen LogP contribution in [0.2, 0.25) is 0 Å². The summed E-state index contributed by atoms with van der Waals surface area (Å²) in [5.41, 5.74) is 0.782. The highest BCUT2D eigenvalue weighted by molar-refractivity contribution is 8.00. The molecule has 0 aliphatic carbocycles. The Morgan fingerprint density at radius 3 is 2.59 bits per heavy atom. The van der Waals surface area contributed by atoms with Crippen LogP contribution in [0.3, 0.4) is 0 Å². The lowest BCUT2D eigenvalue weighted by molar-refractivity contribution is -0.119. The summed E-state index contributed by atoms with van der Waals surface area (Å²) in [5, 5.41) is 5.36. The number of rotatable bonds is 6. The maximum absolute atomic E-state index is 13.3. The van der Waals surface area contributed by atoms with Gasteiger partial charge in [0.05, 0.1) is 5.75 Å². The standard InChI is InChI=1S/C23H20FN3OS/c1-27-13-12-25-23(27)22(17-6-9-19(24)10-7-17)26-21(28)15-29-20-11-8-16-4-2-3-5-18(16)14-20/h2-14,22H,15H2,1H3,(H,26,28). The van der Waals surface area contributed by atoms with Crippen LogP contribution in [0.25, 0.3) is 10.8 Å².